The van der Waals surface area contributed by atoms with Crippen LogP contribution >= 0.6 is 0 Å². The van der Waals surface area contributed by atoms with Gasteiger partial charge in [-0.05, 0) is 37.6 Å². The zero-order valence-electron chi connectivity index (χ0n) is 14.0. The van der Waals surface area contributed by atoms with E-state index in [0.29, 0.717) is 16.5 Å². The number of ether oxygens (including phenoxy) is 1. The van der Waals surface area contributed by atoms with Gasteiger partial charge in [-0.25, -0.2) is 4.79 Å². The van der Waals surface area contributed by atoms with Crippen LogP contribution in [0.15, 0.2) is 53.3 Å². The second kappa shape index (κ2) is 6.73. The predicted molar refractivity (Wildman–Crippen MR) is 95.1 cm³/mol. The lowest BCUT2D eigenvalue weighted by Crippen LogP contribution is -2.18. The highest BCUT2D eigenvalue weighted by molar-refractivity contribution is 6.00. The smallest absolute Gasteiger partial charge is 0.355 e. The Morgan fingerprint density at radius 2 is 1.80 bits per heavy atom. The molecule has 0 spiro atoms. The van der Waals surface area contributed by atoms with Gasteiger partial charge in [0.05, 0.1) is 0 Å². The minimum atomic E-state index is -0.735. The molecule has 0 amide bonds. The molecule has 0 aliphatic rings. The van der Waals surface area contributed by atoms with Crippen LogP contribution in [-0.4, -0.2) is 23.3 Å². The molecular weight excluding hydrogens is 318 g/mol. The molecule has 126 valence electrons. The van der Waals surface area contributed by atoms with Gasteiger partial charge in [0.1, 0.15) is 5.69 Å². The minimum absolute atomic E-state index is 0.0254. The highest BCUT2D eigenvalue weighted by Gasteiger charge is 2.15. The maximum absolute atomic E-state index is 12.3. The second-order valence-corrected chi connectivity index (χ2v) is 5.91. The highest BCUT2D eigenvalue weighted by atomic mass is 16.5. The summed E-state index contributed by atoms with van der Waals surface area (Å²) >= 11 is 0. The lowest BCUT2D eigenvalue weighted by atomic mass is 10.0. The Bertz CT molecular complexity index is 1030. The number of H-pyrrole nitrogens is 1. The Balaban J connectivity index is 1.78. The van der Waals surface area contributed by atoms with E-state index in [1.807, 2.05) is 26.0 Å². The number of esters is 1. The maximum atomic E-state index is 12.3. The summed E-state index contributed by atoms with van der Waals surface area (Å²) in [5, 5.41) is 0.491. The molecule has 0 saturated carbocycles. The van der Waals surface area contributed by atoms with E-state index in [1.165, 1.54) is 6.07 Å². The van der Waals surface area contributed by atoms with Crippen molar-refractivity contribution in [2.45, 2.75) is 13.8 Å². The Morgan fingerprint density at radius 1 is 1.04 bits per heavy atom. The van der Waals surface area contributed by atoms with Gasteiger partial charge in [0.2, 0.25) is 5.78 Å². The highest BCUT2D eigenvalue weighted by Crippen LogP contribution is 2.12. The zero-order valence-corrected chi connectivity index (χ0v) is 14.0. The van der Waals surface area contributed by atoms with E-state index in [2.05, 4.69) is 4.98 Å². The third-order valence-electron chi connectivity index (χ3n) is 3.99. The third kappa shape index (κ3) is 3.50. The summed E-state index contributed by atoms with van der Waals surface area (Å²) in [5.41, 5.74) is 2.60. The lowest BCUT2D eigenvalue weighted by Gasteiger charge is -2.08. The third-order valence-corrected chi connectivity index (χ3v) is 3.99. The van der Waals surface area contributed by atoms with Crippen molar-refractivity contribution in [3.63, 3.8) is 0 Å². The van der Waals surface area contributed by atoms with Crippen LogP contribution in [0.4, 0.5) is 0 Å². The first kappa shape index (κ1) is 16.6. The number of carbonyl (C=O) groups excluding carboxylic acids is 2. The molecule has 5 heteroatoms. The fourth-order valence-corrected chi connectivity index (χ4v) is 2.63. The summed E-state index contributed by atoms with van der Waals surface area (Å²) in [4.78, 5) is 39.4. The second-order valence-electron chi connectivity index (χ2n) is 5.91. The van der Waals surface area contributed by atoms with Crippen LogP contribution in [0.2, 0.25) is 0 Å². The van der Waals surface area contributed by atoms with Crippen molar-refractivity contribution in [2.75, 3.05) is 6.61 Å². The van der Waals surface area contributed by atoms with Crippen molar-refractivity contribution in [1.82, 2.24) is 4.98 Å². The first-order valence-electron chi connectivity index (χ1n) is 7.85. The molecule has 0 bridgehead atoms. The quantitative estimate of drug-likeness (QED) is 0.587. The van der Waals surface area contributed by atoms with Gasteiger partial charge in [0, 0.05) is 22.5 Å². The molecule has 5 nitrogen and oxygen atoms in total. The number of ketones is 1. The number of benzene rings is 2. The van der Waals surface area contributed by atoms with Crippen molar-refractivity contribution < 1.29 is 14.3 Å². The van der Waals surface area contributed by atoms with E-state index in [0.717, 1.165) is 11.1 Å². The number of aromatic nitrogens is 1. The van der Waals surface area contributed by atoms with Crippen molar-refractivity contribution in [3.8, 4) is 0 Å². The largest absolute Gasteiger partial charge is 0.453 e. The maximum Gasteiger partial charge on any atom is 0.355 e. The molecule has 1 heterocycles. The molecule has 2 aromatic carbocycles. The molecule has 3 rings (SSSR count). The van der Waals surface area contributed by atoms with Crippen LogP contribution in [0.5, 0.6) is 0 Å². The first-order valence-corrected chi connectivity index (χ1v) is 7.85. The molecule has 0 atom stereocenters. The number of nitrogens with one attached hydrogen (secondary N) is 1. The van der Waals surface area contributed by atoms with Gasteiger partial charge in [0.15, 0.2) is 12.0 Å². The number of Topliss-reactive ketones (excluding diaryl/α,β-unsaturated/α-hetero) is 1. The fourth-order valence-electron chi connectivity index (χ4n) is 2.63. The first-order chi connectivity index (χ1) is 12.0. The number of hydrogen-bond donors (Lipinski definition) is 1. The van der Waals surface area contributed by atoms with E-state index >= 15 is 0 Å². The SMILES string of the molecule is Cc1ccc(C)c(C(=O)COC(=O)c2cc(=O)c3ccccc3[nH]2)c1. The number of hydrogen-bond acceptors (Lipinski definition) is 4. The van der Waals surface area contributed by atoms with Crippen LogP contribution in [0.3, 0.4) is 0 Å². The van der Waals surface area contributed by atoms with Crippen molar-refractivity contribution in [2.24, 2.45) is 0 Å². The van der Waals surface area contributed by atoms with Crippen LogP contribution in [0.25, 0.3) is 10.9 Å². The Hall–Kier alpha value is -3.21. The number of carbonyl (C=O) groups is 2. The van der Waals surface area contributed by atoms with E-state index in [1.54, 1.807) is 30.3 Å². The van der Waals surface area contributed by atoms with Crippen LogP contribution in [0, 0.1) is 13.8 Å². The van der Waals surface area contributed by atoms with Gasteiger partial charge < -0.3 is 9.72 Å². The van der Waals surface area contributed by atoms with Gasteiger partial charge >= 0.3 is 5.97 Å². The fraction of sp³-hybridized carbons (Fsp3) is 0.150. The monoisotopic (exact) mass is 335 g/mol. The van der Waals surface area contributed by atoms with Crippen molar-refractivity contribution >= 4 is 22.7 Å². The van der Waals surface area contributed by atoms with Crippen molar-refractivity contribution in [3.05, 3.63) is 81.1 Å². The molecule has 0 radical (unpaired) electrons. The summed E-state index contributed by atoms with van der Waals surface area (Å²) in [6, 6.07) is 13.6. The Labute approximate surface area is 144 Å². The number of rotatable bonds is 4. The number of aryl methyl sites for hydroxylation is 2. The predicted octanol–water partition coefficient (Wildman–Crippen LogP) is 3.18. The van der Waals surface area contributed by atoms with E-state index in [-0.39, 0.29) is 23.5 Å². The van der Waals surface area contributed by atoms with Gasteiger partial charge in [-0.15, -0.1) is 0 Å². The molecule has 0 saturated heterocycles. The van der Waals surface area contributed by atoms with Gasteiger partial charge in [-0.3, -0.25) is 9.59 Å². The number of aromatic amines is 1. The normalized spacial score (nSPS) is 10.6. The van der Waals surface area contributed by atoms with Crippen LogP contribution in [0.1, 0.15) is 32.0 Å². The van der Waals surface area contributed by atoms with Crippen molar-refractivity contribution in [1.29, 1.82) is 0 Å². The average Bonchev–Trinajstić information content (AvgIpc) is 2.61. The van der Waals surface area contributed by atoms with Gasteiger partial charge in [-0.2, -0.15) is 0 Å². The van der Waals surface area contributed by atoms with E-state index < -0.39 is 5.97 Å². The van der Waals surface area contributed by atoms with E-state index in [4.69, 9.17) is 4.74 Å². The summed E-state index contributed by atoms with van der Waals surface area (Å²) in [5.74, 6) is -1.01. The standard InChI is InChI=1S/C20H17NO4/c1-12-7-8-13(2)15(9-12)19(23)11-25-20(24)17-10-18(22)14-5-3-4-6-16(14)21-17/h3-10H,11H2,1-2H3,(H,21,22). The molecular formula is C20H17NO4. The molecule has 1 N–H and O–H groups in total. The van der Waals surface area contributed by atoms with E-state index in [9.17, 15) is 14.4 Å². The minimum Gasteiger partial charge on any atom is -0.453 e. The lowest BCUT2D eigenvalue weighted by molar-refractivity contribution is 0.0469. The van der Waals surface area contributed by atoms with Crippen LogP contribution in [-0.2, 0) is 4.74 Å². The molecule has 0 aliphatic heterocycles. The number of fused-ring (bicyclic) bond motifs is 1. The number of pyridine rings is 1. The molecule has 1 aromatic heterocycles. The number of para-hydroxylation sites is 1. The zero-order chi connectivity index (χ0) is 18.0. The summed E-state index contributed by atoms with van der Waals surface area (Å²) in [7, 11) is 0. The molecule has 0 unspecified atom stereocenters. The molecule has 0 fully saturated rings. The Kier molecular flexibility index (Phi) is 4.48. The molecule has 0 aliphatic carbocycles. The molecule has 25 heavy (non-hydrogen) atoms. The Morgan fingerprint density at radius 3 is 2.60 bits per heavy atom. The van der Waals surface area contributed by atoms with Gasteiger partial charge in [0.25, 0.3) is 0 Å². The van der Waals surface area contributed by atoms with Crippen LogP contribution < -0.4 is 5.43 Å². The molecule has 3 aromatic rings. The average molecular weight is 335 g/mol. The summed E-state index contributed by atoms with van der Waals surface area (Å²) < 4.78 is 5.08. The summed E-state index contributed by atoms with van der Waals surface area (Å²) in [6.45, 7) is 3.34. The summed E-state index contributed by atoms with van der Waals surface area (Å²) in [6.07, 6.45) is 0. The van der Waals surface area contributed by atoms with Gasteiger partial charge in [-0.1, -0.05) is 29.8 Å². The topological polar surface area (TPSA) is 76.2 Å².